The fourth-order valence-corrected chi connectivity index (χ4v) is 7.89. The fourth-order valence-electron chi connectivity index (χ4n) is 7.36. The van der Waals surface area contributed by atoms with Gasteiger partial charge >= 0.3 is 6.18 Å². The summed E-state index contributed by atoms with van der Waals surface area (Å²) in [5, 5.41) is 17.0. The van der Waals surface area contributed by atoms with Gasteiger partial charge in [0.25, 0.3) is 5.91 Å². The van der Waals surface area contributed by atoms with Gasteiger partial charge in [-0.05, 0) is 125 Å². The Hall–Kier alpha value is -5.38. The molecule has 0 radical (unpaired) electrons. The van der Waals surface area contributed by atoms with Gasteiger partial charge in [-0.1, -0.05) is 6.92 Å². The highest BCUT2D eigenvalue weighted by atomic mass is 35.5. The van der Waals surface area contributed by atoms with E-state index in [2.05, 4.69) is 20.9 Å². The van der Waals surface area contributed by atoms with E-state index < -0.39 is 46.6 Å². The molecule has 1 atom stereocenters. The number of imide groups is 1. The molecule has 3 aliphatic rings. The number of nitriles is 1. The molecule has 19 heteroatoms. The van der Waals surface area contributed by atoms with Crippen LogP contribution in [0.4, 0.5) is 40.3 Å². The minimum absolute atomic E-state index is 0. The molecule has 59 heavy (non-hydrogen) atoms. The number of rotatable bonds is 12. The highest BCUT2D eigenvalue weighted by molar-refractivity contribution is 7.81. The van der Waals surface area contributed by atoms with Crippen LogP contribution in [-0.4, -0.2) is 76.4 Å². The minimum Gasteiger partial charge on any atom is -0.493 e. The van der Waals surface area contributed by atoms with E-state index in [-0.39, 0.29) is 53.7 Å². The van der Waals surface area contributed by atoms with Gasteiger partial charge < -0.3 is 20.3 Å². The molecule has 4 amide bonds. The molecule has 0 spiro atoms. The van der Waals surface area contributed by atoms with Gasteiger partial charge in [0.15, 0.2) is 10.8 Å². The summed E-state index contributed by atoms with van der Waals surface area (Å²) in [5.74, 6) is -1.33. The van der Waals surface area contributed by atoms with Crippen molar-refractivity contribution < 1.29 is 41.5 Å². The van der Waals surface area contributed by atoms with Crippen molar-refractivity contribution >= 4 is 76.1 Å². The lowest BCUT2D eigenvalue weighted by Crippen LogP contribution is -2.47. The number of pyridine rings is 1. The molecule has 3 fully saturated rings. The van der Waals surface area contributed by atoms with Crippen LogP contribution in [0.1, 0.15) is 69.7 Å². The quantitative estimate of drug-likeness (QED) is 0.106. The van der Waals surface area contributed by atoms with Crippen molar-refractivity contribution in [3.05, 3.63) is 71.3 Å². The number of carbonyl (C=O) groups is 4. The Kier molecular flexibility index (Phi) is 13.8. The first-order valence-electron chi connectivity index (χ1n) is 18.8. The molecule has 13 nitrogen and oxygen atoms in total. The van der Waals surface area contributed by atoms with Gasteiger partial charge in [-0.15, -0.1) is 12.4 Å². The smallest absolute Gasteiger partial charge is 0.419 e. The molecule has 0 aliphatic carbocycles. The zero-order chi connectivity index (χ0) is 41.9. The zero-order valence-electron chi connectivity index (χ0n) is 32.5. The van der Waals surface area contributed by atoms with Crippen LogP contribution in [0.25, 0.3) is 0 Å². The molecule has 0 saturated carbocycles. The predicted molar refractivity (Wildman–Crippen MR) is 218 cm³/mol. The molecule has 1 unspecified atom stereocenters. The molecule has 3 saturated heterocycles. The van der Waals surface area contributed by atoms with Gasteiger partial charge in [-0.3, -0.25) is 34.3 Å². The fraction of sp³-hybridized carbons (Fsp3) is 0.425. The van der Waals surface area contributed by atoms with E-state index in [1.54, 1.807) is 30.9 Å². The van der Waals surface area contributed by atoms with Crippen LogP contribution in [0.3, 0.4) is 0 Å². The van der Waals surface area contributed by atoms with E-state index >= 15 is 0 Å². The van der Waals surface area contributed by atoms with Crippen molar-refractivity contribution in [1.29, 1.82) is 5.26 Å². The first-order valence-corrected chi connectivity index (χ1v) is 19.2. The Labute approximate surface area is 349 Å². The highest BCUT2D eigenvalue weighted by Gasteiger charge is 2.51. The van der Waals surface area contributed by atoms with Crippen LogP contribution in [-0.2, 0) is 31.8 Å². The molecule has 2 aromatic carbocycles. The summed E-state index contributed by atoms with van der Waals surface area (Å²) < 4.78 is 62.0. The summed E-state index contributed by atoms with van der Waals surface area (Å²) in [6, 6.07) is 11.0. The number of nitrogens with one attached hydrogen (secondary N) is 3. The summed E-state index contributed by atoms with van der Waals surface area (Å²) in [6.07, 6.45) is -0.310. The number of anilines is 4. The summed E-state index contributed by atoms with van der Waals surface area (Å²) in [5.41, 5.74) is -1.69. The number of thiocarbonyl (C=S) groups is 1. The van der Waals surface area contributed by atoms with E-state index in [9.17, 15) is 36.7 Å². The maximum Gasteiger partial charge on any atom is 0.419 e. The predicted octanol–water partition coefficient (Wildman–Crippen LogP) is 6.35. The average molecular weight is 859 g/mol. The number of alkyl halides is 3. The van der Waals surface area contributed by atoms with Crippen LogP contribution in [0, 0.1) is 23.1 Å². The molecular formula is C40H43ClF4N8O5S. The van der Waals surface area contributed by atoms with Crippen molar-refractivity contribution in [2.45, 2.75) is 77.1 Å². The van der Waals surface area contributed by atoms with Gasteiger partial charge in [0, 0.05) is 17.8 Å². The maximum absolute atomic E-state index is 14.6. The maximum atomic E-state index is 14.6. The number of benzene rings is 2. The van der Waals surface area contributed by atoms with Gasteiger partial charge in [-0.2, -0.15) is 18.4 Å². The molecular weight excluding hydrogens is 816 g/mol. The van der Waals surface area contributed by atoms with Crippen LogP contribution in [0.2, 0.25) is 0 Å². The molecule has 3 aromatic rings. The van der Waals surface area contributed by atoms with E-state index in [1.165, 1.54) is 24.3 Å². The van der Waals surface area contributed by atoms with E-state index in [0.29, 0.717) is 61.6 Å². The second-order valence-electron chi connectivity index (χ2n) is 14.9. The summed E-state index contributed by atoms with van der Waals surface area (Å²) >= 11 is 5.67. The molecule has 6 rings (SSSR count). The Balaban J connectivity index is 0.00000661. The molecule has 314 valence electrons. The number of likely N-dealkylation sites (tertiary alicyclic amines) is 1. The second kappa shape index (κ2) is 18.3. The van der Waals surface area contributed by atoms with Crippen LogP contribution in [0.5, 0.6) is 5.75 Å². The largest absolute Gasteiger partial charge is 0.493 e. The number of carbonyl (C=O) groups excluding carboxylic acids is 4. The minimum atomic E-state index is -4.87. The number of hydrogen-bond donors (Lipinski definition) is 3. The number of nitrogens with zero attached hydrogens (tertiary/aromatic N) is 5. The van der Waals surface area contributed by atoms with Crippen LogP contribution < -0.4 is 30.5 Å². The third-order valence-corrected chi connectivity index (χ3v) is 10.9. The summed E-state index contributed by atoms with van der Waals surface area (Å²) in [6.45, 7) is 7.07. The highest BCUT2D eigenvalue weighted by Crippen LogP contribution is 2.40. The van der Waals surface area contributed by atoms with Crippen LogP contribution in [0.15, 0.2) is 48.7 Å². The van der Waals surface area contributed by atoms with Crippen molar-refractivity contribution in [3.63, 3.8) is 0 Å². The first-order chi connectivity index (χ1) is 27.5. The van der Waals surface area contributed by atoms with Crippen molar-refractivity contribution in [3.8, 4) is 11.8 Å². The van der Waals surface area contributed by atoms with E-state index in [4.69, 9.17) is 22.2 Å². The average Bonchev–Trinajstić information content (AvgIpc) is 3.36. The van der Waals surface area contributed by atoms with Crippen LogP contribution >= 0.6 is 24.6 Å². The Bertz CT molecular complexity index is 2180. The second-order valence-corrected chi connectivity index (χ2v) is 15.3. The standard InChI is InChI=1S/C40H42F4N8O5S.ClH/c1-4-24-17-26(52-38(58)51(37(56)39(52,2)3)27-19-28(40(42,43)44)32(20-45)46-21-27)6-9-33(24)57-16-13-23-11-14-50(15-12-23)22-35(54)48-31-18-25(5-7-29(31)41)47-30-8-10-34(53)49-36(30)55;/h5-7,9,17-19,21,23,30,47H,4,8,10-16,22H2,1-3H3,(H,48,54)(H,49,53,55);1H. The number of halogens is 5. The van der Waals surface area contributed by atoms with Gasteiger partial charge in [0.05, 0.1) is 36.3 Å². The number of hydrogen-bond acceptors (Lipinski definition) is 10. The topological polar surface area (TPSA) is 160 Å². The van der Waals surface area contributed by atoms with Gasteiger partial charge in [-0.25, -0.2) is 9.37 Å². The zero-order valence-corrected chi connectivity index (χ0v) is 34.1. The number of amides is 4. The molecule has 3 aliphatic heterocycles. The molecule has 4 heterocycles. The third kappa shape index (κ3) is 9.91. The van der Waals surface area contributed by atoms with Crippen molar-refractivity contribution in [2.75, 3.05) is 46.7 Å². The lowest BCUT2D eigenvalue weighted by Gasteiger charge is -2.31. The van der Waals surface area contributed by atoms with Crippen molar-refractivity contribution in [1.82, 2.24) is 15.2 Å². The number of ether oxygens (including phenoxy) is 1. The third-order valence-electron chi connectivity index (χ3n) is 10.6. The Morgan fingerprint density at radius 3 is 2.47 bits per heavy atom. The summed E-state index contributed by atoms with van der Waals surface area (Å²) in [7, 11) is 0. The van der Waals surface area contributed by atoms with Crippen molar-refractivity contribution in [2.24, 2.45) is 5.92 Å². The molecule has 0 bridgehead atoms. The summed E-state index contributed by atoms with van der Waals surface area (Å²) in [4.78, 5) is 58.3. The number of piperidine rings is 2. The normalized spacial score (nSPS) is 18.6. The van der Waals surface area contributed by atoms with Gasteiger partial charge in [0.2, 0.25) is 17.7 Å². The number of aromatic nitrogens is 1. The lowest BCUT2D eigenvalue weighted by molar-refractivity contribution is -0.138. The molecule has 1 aromatic heterocycles. The monoisotopic (exact) mass is 858 g/mol. The SMILES string of the molecule is CCc1cc(N2C(=S)N(c3cnc(C#N)c(C(F)(F)F)c3)C(=O)C2(C)C)ccc1OCCC1CCN(CC(=O)Nc2cc(NC3CCC(=O)NC3=O)ccc2F)CC1.Cl. The lowest BCUT2D eigenvalue weighted by atomic mass is 9.94. The molecule has 3 N–H and O–H groups in total. The Morgan fingerprint density at radius 1 is 1.08 bits per heavy atom. The Morgan fingerprint density at radius 2 is 1.81 bits per heavy atom. The van der Waals surface area contributed by atoms with E-state index in [0.717, 1.165) is 35.9 Å². The first kappa shape index (κ1) is 44.7. The number of aryl methyl sites for hydroxylation is 1. The van der Waals surface area contributed by atoms with Gasteiger partial charge in [0.1, 0.15) is 29.2 Å². The van der Waals surface area contributed by atoms with E-state index in [1.807, 2.05) is 17.9 Å².